The van der Waals surface area contributed by atoms with Gasteiger partial charge in [-0.2, -0.15) is 10.3 Å². The van der Waals surface area contributed by atoms with E-state index in [9.17, 15) is 10.4 Å². The first kappa shape index (κ1) is 19.5. The van der Waals surface area contributed by atoms with Crippen molar-refractivity contribution in [2.75, 3.05) is 11.7 Å². The molecule has 0 amide bonds. The zero-order valence-corrected chi connectivity index (χ0v) is 17.8. The fourth-order valence-electron chi connectivity index (χ4n) is 3.65. The second-order valence-corrected chi connectivity index (χ2v) is 8.00. The van der Waals surface area contributed by atoms with Crippen LogP contribution in [0.4, 0.5) is 5.95 Å². The van der Waals surface area contributed by atoms with Crippen molar-refractivity contribution in [1.82, 2.24) is 9.55 Å². The highest BCUT2D eigenvalue weighted by Crippen LogP contribution is 2.33. The predicted molar refractivity (Wildman–Crippen MR) is 115 cm³/mol. The lowest BCUT2D eigenvalue weighted by molar-refractivity contribution is 0.191. The van der Waals surface area contributed by atoms with E-state index < -0.39 is 0 Å². The van der Waals surface area contributed by atoms with Crippen molar-refractivity contribution < 1.29 is 9.94 Å². The molecule has 0 saturated carbocycles. The number of imidazole rings is 1. The molecule has 6 nitrogen and oxygen atoms in total. The third-order valence-electron chi connectivity index (χ3n) is 5.31. The number of nitrogens with zero attached hydrogens (tertiary/aromatic N) is 4. The largest absolute Gasteiger partial charge is 0.392 e. The number of hydrogen-bond acceptors (Lipinski definition) is 5. The van der Waals surface area contributed by atoms with Gasteiger partial charge < -0.3 is 14.5 Å². The molecule has 0 fully saturated rings. The molecule has 2 aromatic carbocycles. The topological polar surface area (TPSA) is 74.3 Å². The minimum absolute atomic E-state index is 0.0544. The number of aliphatic hydroxyl groups is 1. The monoisotopic (exact) mass is 452 g/mol. The fourth-order valence-corrected chi connectivity index (χ4v) is 3.91. The standard InChI is InChI=1S/C22H21BrN4O2/c1-14-19(13-28)15(2)29-27(14)22-25-20-11-17(12-24)5-8-21(20)26(22)10-9-16-3-6-18(23)7-4-16/h3-8,11,14,28H,9-10,13H2,1-2H3. The van der Waals surface area contributed by atoms with Crippen LogP contribution in [-0.2, 0) is 17.8 Å². The molecule has 1 aromatic heterocycles. The molecule has 148 valence electrons. The van der Waals surface area contributed by atoms with E-state index in [0.717, 1.165) is 27.5 Å². The number of aliphatic hydroxyl groups excluding tert-OH is 1. The van der Waals surface area contributed by atoms with Gasteiger partial charge >= 0.3 is 0 Å². The Kier molecular flexibility index (Phi) is 5.31. The Morgan fingerprint density at radius 1 is 1.24 bits per heavy atom. The zero-order valence-electron chi connectivity index (χ0n) is 16.3. The first-order valence-electron chi connectivity index (χ1n) is 9.44. The van der Waals surface area contributed by atoms with Gasteiger partial charge in [0.2, 0.25) is 5.95 Å². The molecule has 0 spiro atoms. The van der Waals surface area contributed by atoms with E-state index in [2.05, 4.69) is 38.7 Å². The van der Waals surface area contributed by atoms with E-state index in [0.29, 0.717) is 23.8 Å². The Morgan fingerprint density at radius 2 is 2.00 bits per heavy atom. The fraction of sp³-hybridized carbons (Fsp3) is 0.273. The van der Waals surface area contributed by atoms with Crippen LogP contribution in [0, 0.1) is 11.3 Å². The van der Waals surface area contributed by atoms with Gasteiger partial charge in [0.25, 0.3) is 0 Å². The van der Waals surface area contributed by atoms with Crippen LogP contribution >= 0.6 is 15.9 Å². The molecule has 1 aliphatic rings. The summed E-state index contributed by atoms with van der Waals surface area (Å²) in [6.07, 6.45) is 0.827. The quantitative estimate of drug-likeness (QED) is 0.623. The number of allylic oxidation sites excluding steroid dienone is 1. The molecule has 0 aliphatic carbocycles. The van der Waals surface area contributed by atoms with Crippen LogP contribution in [0.3, 0.4) is 0 Å². The highest BCUT2D eigenvalue weighted by molar-refractivity contribution is 9.10. The Hall–Kier alpha value is -2.82. The number of benzene rings is 2. The molecule has 1 unspecified atom stereocenters. The summed E-state index contributed by atoms with van der Waals surface area (Å²) in [6.45, 7) is 4.49. The van der Waals surface area contributed by atoms with Crippen LogP contribution in [0.25, 0.3) is 11.0 Å². The normalized spacial score (nSPS) is 16.4. The zero-order chi connectivity index (χ0) is 20.5. The first-order chi connectivity index (χ1) is 14.0. The van der Waals surface area contributed by atoms with Crippen molar-refractivity contribution in [3.63, 3.8) is 0 Å². The number of rotatable bonds is 5. The molecule has 0 saturated heterocycles. The van der Waals surface area contributed by atoms with Gasteiger partial charge in [-0.1, -0.05) is 28.1 Å². The molecule has 0 radical (unpaired) electrons. The summed E-state index contributed by atoms with van der Waals surface area (Å²) in [5.41, 5.74) is 4.33. The van der Waals surface area contributed by atoms with E-state index in [4.69, 9.17) is 9.82 Å². The van der Waals surface area contributed by atoms with E-state index in [1.807, 2.05) is 32.0 Å². The van der Waals surface area contributed by atoms with Gasteiger partial charge in [-0.15, -0.1) is 0 Å². The second kappa shape index (κ2) is 7.90. The summed E-state index contributed by atoms with van der Waals surface area (Å²) < 4.78 is 3.17. The number of fused-ring (bicyclic) bond motifs is 1. The molecule has 4 rings (SSSR count). The van der Waals surface area contributed by atoms with Gasteiger partial charge in [-0.3, -0.25) is 0 Å². The Balaban J connectivity index is 1.73. The molecule has 1 atom stereocenters. The number of aryl methyl sites for hydroxylation is 2. The smallest absolute Gasteiger partial charge is 0.241 e. The van der Waals surface area contributed by atoms with E-state index in [1.165, 1.54) is 5.56 Å². The van der Waals surface area contributed by atoms with E-state index in [-0.39, 0.29) is 12.6 Å². The highest BCUT2D eigenvalue weighted by atomic mass is 79.9. The Morgan fingerprint density at radius 3 is 2.66 bits per heavy atom. The van der Waals surface area contributed by atoms with Gasteiger partial charge in [-0.25, -0.2) is 4.98 Å². The minimum atomic E-state index is -0.126. The van der Waals surface area contributed by atoms with Crippen LogP contribution in [0.5, 0.6) is 0 Å². The van der Waals surface area contributed by atoms with Crippen LogP contribution < -0.4 is 5.06 Å². The summed E-state index contributed by atoms with van der Waals surface area (Å²) in [4.78, 5) is 10.7. The molecule has 3 aromatic rings. The van der Waals surface area contributed by atoms with Crippen molar-refractivity contribution in [2.24, 2.45) is 0 Å². The number of anilines is 1. The summed E-state index contributed by atoms with van der Waals surface area (Å²) in [5, 5.41) is 20.7. The third-order valence-corrected chi connectivity index (χ3v) is 5.83. The number of halogens is 1. The summed E-state index contributed by atoms with van der Waals surface area (Å²) >= 11 is 3.47. The van der Waals surface area contributed by atoms with Gasteiger partial charge in [0.1, 0.15) is 5.76 Å². The maximum atomic E-state index is 9.69. The minimum Gasteiger partial charge on any atom is -0.392 e. The van der Waals surface area contributed by atoms with Gasteiger partial charge in [-0.05, 0) is 56.2 Å². The molecule has 0 bridgehead atoms. The lowest BCUT2D eigenvalue weighted by Crippen LogP contribution is -2.31. The third kappa shape index (κ3) is 3.61. The van der Waals surface area contributed by atoms with Gasteiger partial charge in [0, 0.05) is 16.6 Å². The summed E-state index contributed by atoms with van der Waals surface area (Å²) in [5.74, 6) is 1.37. The number of nitriles is 1. The van der Waals surface area contributed by atoms with Gasteiger partial charge in [0.15, 0.2) is 0 Å². The van der Waals surface area contributed by atoms with Crippen LogP contribution in [0.1, 0.15) is 25.0 Å². The second-order valence-electron chi connectivity index (χ2n) is 7.09. The average Bonchev–Trinajstić information content (AvgIpc) is 3.22. The Bertz CT molecular complexity index is 1130. The molecule has 7 heteroatoms. The Labute approximate surface area is 177 Å². The van der Waals surface area contributed by atoms with E-state index in [1.54, 1.807) is 17.2 Å². The molecular weight excluding hydrogens is 432 g/mol. The molecule has 2 heterocycles. The molecular formula is C22H21BrN4O2. The summed E-state index contributed by atoms with van der Waals surface area (Å²) in [6, 6.07) is 15.8. The van der Waals surface area contributed by atoms with Crippen molar-refractivity contribution in [3.05, 3.63) is 69.4 Å². The van der Waals surface area contributed by atoms with Crippen LogP contribution in [0.15, 0.2) is 58.3 Å². The van der Waals surface area contributed by atoms with Crippen molar-refractivity contribution >= 4 is 32.9 Å². The maximum Gasteiger partial charge on any atom is 0.241 e. The van der Waals surface area contributed by atoms with Crippen molar-refractivity contribution in [3.8, 4) is 6.07 Å². The lowest BCUT2D eigenvalue weighted by Gasteiger charge is -2.23. The van der Waals surface area contributed by atoms with Crippen LogP contribution in [0.2, 0.25) is 0 Å². The van der Waals surface area contributed by atoms with E-state index >= 15 is 0 Å². The van der Waals surface area contributed by atoms with Crippen molar-refractivity contribution in [2.45, 2.75) is 32.9 Å². The lowest BCUT2D eigenvalue weighted by atomic mass is 10.1. The van der Waals surface area contributed by atoms with Gasteiger partial charge in [0.05, 0.1) is 35.3 Å². The SMILES string of the molecule is CC1=C(CO)C(C)N(c2nc3cc(C#N)ccc3n2CCc2ccc(Br)cc2)O1. The molecule has 29 heavy (non-hydrogen) atoms. The number of hydrogen-bond donors (Lipinski definition) is 1. The van der Waals surface area contributed by atoms with Crippen LogP contribution in [-0.4, -0.2) is 27.3 Å². The number of aromatic nitrogens is 2. The average molecular weight is 453 g/mol. The number of hydroxylamine groups is 1. The highest BCUT2D eigenvalue weighted by Gasteiger charge is 2.33. The molecule has 1 aliphatic heterocycles. The van der Waals surface area contributed by atoms with Crippen molar-refractivity contribution in [1.29, 1.82) is 5.26 Å². The first-order valence-corrected chi connectivity index (χ1v) is 10.2. The predicted octanol–water partition coefficient (Wildman–Crippen LogP) is 4.32. The molecule has 1 N–H and O–H groups in total. The maximum absolute atomic E-state index is 9.69. The summed E-state index contributed by atoms with van der Waals surface area (Å²) in [7, 11) is 0.